The molecule has 2 rings (SSSR count). The Balaban J connectivity index is 2.67. The summed E-state index contributed by atoms with van der Waals surface area (Å²) >= 11 is 9.12. The molecular weight excluding hydrogens is 334 g/mol. The number of nitrogens with zero attached hydrogens (tertiary/aromatic N) is 3. The molecule has 0 radical (unpaired) electrons. The first-order chi connectivity index (χ1) is 8.95. The van der Waals surface area contributed by atoms with E-state index in [1.54, 1.807) is 16.8 Å². The summed E-state index contributed by atoms with van der Waals surface area (Å²) in [6, 6.07) is 4.91. The molecular formula is C12H11BrClN3O2. The lowest BCUT2D eigenvalue weighted by molar-refractivity contribution is -0.384. The van der Waals surface area contributed by atoms with Gasteiger partial charge < -0.3 is 0 Å². The van der Waals surface area contributed by atoms with Crippen molar-refractivity contribution in [3.63, 3.8) is 0 Å². The van der Waals surface area contributed by atoms with Gasteiger partial charge in [0.05, 0.1) is 20.8 Å². The van der Waals surface area contributed by atoms with Crippen LogP contribution in [0.4, 0.5) is 5.69 Å². The molecule has 0 fully saturated rings. The average molecular weight is 345 g/mol. The number of alkyl halides is 1. The smallest absolute Gasteiger partial charge is 0.258 e. The van der Waals surface area contributed by atoms with Crippen LogP contribution in [-0.2, 0) is 5.88 Å². The maximum atomic E-state index is 11.2. The number of nitro benzene ring substituents is 1. The van der Waals surface area contributed by atoms with Crippen LogP contribution in [0, 0.1) is 24.0 Å². The summed E-state index contributed by atoms with van der Waals surface area (Å²) in [6.45, 7) is 3.69. The maximum Gasteiger partial charge on any atom is 0.295 e. The van der Waals surface area contributed by atoms with E-state index in [2.05, 4.69) is 21.0 Å². The molecule has 0 aliphatic rings. The van der Waals surface area contributed by atoms with E-state index in [4.69, 9.17) is 11.6 Å². The Kier molecular flexibility index (Phi) is 3.91. The average Bonchev–Trinajstić information content (AvgIpc) is 2.65. The van der Waals surface area contributed by atoms with Crippen LogP contribution in [0.25, 0.3) is 5.69 Å². The predicted molar refractivity (Wildman–Crippen MR) is 76.9 cm³/mol. The zero-order chi connectivity index (χ0) is 14.2. The Labute approximate surface area is 123 Å². The second kappa shape index (κ2) is 5.30. The second-order valence-electron chi connectivity index (χ2n) is 4.11. The van der Waals surface area contributed by atoms with Crippen LogP contribution in [0.15, 0.2) is 22.7 Å². The lowest BCUT2D eigenvalue weighted by Gasteiger charge is -2.06. The fourth-order valence-electron chi connectivity index (χ4n) is 1.84. The lowest BCUT2D eigenvalue weighted by atomic mass is 10.2. The van der Waals surface area contributed by atoms with E-state index in [1.807, 2.05) is 13.8 Å². The number of benzene rings is 1. The molecule has 1 heterocycles. The highest BCUT2D eigenvalue weighted by molar-refractivity contribution is 9.10. The molecule has 0 bridgehead atoms. The van der Waals surface area contributed by atoms with E-state index in [0.29, 0.717) is 11.3 Å². The molecule has 0 aliphatic carbocycles. The van der Waals surface area contributed by atoms with Gasteiger partial charge in [0.2, 0.25) is 0 Å². The minimum atomic E-state index is -0.421. The van der Waals surface area contributed by atoms with Gasteiger partial charge in [-0.1, -0.05) is 6.07 Å². The highest BCUT2D eigenvalue weighted by Crippen LogP contribution is 2.29. The molecule has 1 aromatic carbocycles. The summed E-state index contributed by atoms with van der Waals surface area (Å²) in [5.74, 6) is 0.238. The number of hydrogen-bond acceptors (Lipinski definition) is 3. The molecule has 0 saturated heterocycles. The topological polar surface area (TPSA) is 61.0 Å². The number of aromatic nitrogens is 2. The van der Waals surface area contributed by atoms with Gasteiger partial charge >= 0.3 is 0 Å². The maximum absolute atomic E-state index is 11.2. The summed E-state index contributed by atoms with van der Waals surface area (Å²) in [4.78, 5) is 10.8. The van der Waals surface area contributed by atoms with Crippen molar-refractivity contribution in [3.05, 3.63) is 49.7 Å². The number of halogens is 2. The van der Waals surface area contributed by atoms with Gasteiger partial charge in [0, 0.05) is 11.9 Å². The van der Waals surface area contributed by atoms with Crippen LogP contribution in [0.2, 0.25) is 0 Å². The van der Waals surface area contributed by atoms with Gasteiger partial charge in [-0.3, -0.25) is 10.1 Å². The van der Waals surface area contributed by atoms with Crippen molar-refractivity contribution in [2.75, 3.05) is 0 Å². The van der Waals surface area contributed by atoms with Gasteiger partial charge in [-0.2, -0.15) is 5.10 Å². The van der Waals surface area contributed by atoms with Gasteiger partial charge in [0.1, 0.15) is 5.69 Å². The second-order valence-corrected chi connectivity index (χ2v) is 5.17. The highest BCUT2D eigenvalue weighted by atomic mass is 79.9. The summed E-state index contributed by atoms with van der Waals surface area (Å²) in [5.41, 5.74) is 2.74. The van der Waals surface area contributed by atoms with Gasteiger partial charge in [-0.15, -0.1) is 11.6 Å². The Morgan fingerprint density at radius 2 is 2.16 bits per heavy atom. The first kappa shape index (κ1) is 14.0. The normalized spacial score (nSPS) is 10.7. The monoisotopic (exact) mass is 343 g/mol. The van der Waals surface area contributed by atoms with Crippen LogP contribution in [0.1, 0.15) is 17.0 Å². The standard InChI is InChI=1S/C12H11BrClN3O2/c1-7-12(13)8(2)16(15-7)10-4-3-9(6-14)5-11(10)17(18)19/h3-5H,6H2,1-2H3. The molecule has 0 saturated carbocycles. The zero-order valence-corrected chi connectivity index (χ0v) is 12.7. The number of aryl methyl sites for hydroxylation is 1. The van der Waals surface area contributed by atoms with Crippen LogP contribution in [-0.4, -0.2) is 14.7 Å². The molecule has 1 aromatic heterocycles. The van der Waals surface area contributed by atoms with Crippen molar-refractivity contribution in [2.45, 2.75) is 19.7 Å². The fourth-order valence-corrected chi connectivity index (χ4v) is 2.25. The van der Waals surface area contributed by atoms with Gasteiger partial charge in [0.15, 0.2) is 0 Å². The molecule has 19 heavy (non-hydrogen) atoms. The Hall–Kier alpha value is -1.40. The highest BCUT2D eigenvalue weighted by Gasteiger charge is 2.20. The van der Waals surface area contributed by atoms with E-state index in [1.165, 1.54) is 6.07 Å². The van der Waals surface area contributed by atoms with E-state index < -0.39 is 4.92 Å². The molecule has 2 aromatic rings. The molecule has 0 atom stereocenters. The third-order valence-electron chi connectivity index (χ3n) is 2.82. The number of nitro groups is 1. The van der Waals surface area contributed by atoms with Crippen molar-refractivity contribution in [1.29, 1.82) is 0 Å². The minimum Gasteiger partial charge on any atom is -0.258 e. The van der Waals surface area contributed by atoms with Crippen molar-refractivity contribution < 1.29 is 4.92 Å². The van der Waals surface area contributed by atoms with E-state index >= 15 is 0 Å². The minimum absolute atomic E-state index is 0.00347. The van der Waals surface area contributed by atoms with Gasteiger partial charge in [0.25, 0.3) is 5.69 Å². The van der Waals surface area contributed by atoms with Crippen molar-refractivity contribution in [3.8, 4) is 5.69 Å². The molecule has 5 nitrogen and oxygen atoms in total. The summed E-state index contributed by atoms with van der Waals surface area (Å²) in [7, 11) is 0. The van der Waals surface area contributed by atoms with Crippen molar-refractivity contribution in [1.82, 2.24) is 9.78 Å². The molecule has 0 amide bonds. The molecule has 0 unspecified atom stereocenters. The Bertz CT molecular complexity index is 655. The Morgan fingerprint density at radius 3 is 2.63 bits per heavy atom. The van der Waals surface area contributed by atoms with Crippen molar-refractivity contribution >= 4 is 33.2 Å². The zero-order valence-electron chi connectivity index (χ0n) is 10.4. The van der Waals surface area contributed by atoms with Crippen LogP contribution in [0.3, 0.4) is 0 Å². The molecule has 0 N–H and O–H groups in total. The van der Waals surface area contributed by atoms with Gasteiger partial charge in [-0.05, 0) is 41.4 Å². The van der Waals surface area contributed by atoms with E-state index in [-0.39, 0.29) is 11.6 Å². The lowest BCUT2D eigenvalue weighted by Crippen LogP contribution is -2.04. The molecule has 0 aliphatic heterocycles. The van der Waals surface area contributed by atoms with E-state index in [0.717, 1.165) is 15.9 Å². The fraction of sp³-hybridized carbons (Fsp3) is 0.250. The van der Waals surface area contributed by atoms with E-state index in [9.17, 15) is 10.1 Å². The summed E-state index contributed by atoms with van der Waals surface area (Å²) in [5, 5.41) is 15.5. The van der Waals surface area contributed by atoms with Crippen molar-refractivity contribution in [2.24, 2.45) is 0 Å². The predicted octanol–water partition coefficient (Wildman–Crippen LogP) is 3.90. The quantitative estimate of drug-likeness (QED) is 0.482. The van der Waals surface area contributed by atoms with Crippen LogP contribution >= 0.6 is 27.5 Å². The summed E-state index contributed by atoms with van der Waals surface area (Å²) in [6.07, 6.45) is 0. The Morgan fingerprint density at radius 1 is 1.47 bits per heavy atom. The third-order valence-corrected chi connectivity index (χ3v) is 4.28. The SMILES string of the molecule is Cc1nn(-c2ccc(CCl)cc2[N+](=O)[O-])c(C)c1Br. The summed E-state index contributed by atoms with van der Waals surface area (Å²) < 4.78 is 2.42. The molecule has 0 spiro atoms. The first-order valence-electron chi connectivity index (χ1n) is 5.51. The molecule has 7 heteroatoms. The largest absolute Gasteiger partial charge is 0.295 e. The van der Waals surface area contributed by atoms with Gasteiger partial charge in [-0.25, -0.2) is 4.68 Å². The number of rotatable bonds is 3. The third kappa shape index (κ3) is 2.50. The van der Waals surface area contributed by atoms with Crippen LogP contribution < -0.4 is 0 Å². The molecule has 100 valence electrons. The number of hydrogen-bond donors (Lipinski definition) is 0. The van der Waals surface area contributed by atoms with Crippen LogP contribution in [0.5, 0.6) is 0 Å². The first-order valence-corrected chi connectivity index (χ1v) is 6.83.